The third-order valence-electron chi connectivity index (χ3n) is 4.38. The summed E-state index contributed by atoms with van der Waals surface area (Å²) in [6.45, 7) is 0.867. The molecule has 0 spiro atoms. The van der Waals surface area contributed by atoms with Crippen molar-refractivity contribution in [2.75, 3.05) is 20.3 Å². The number of thiophene rings is 1. The quantitative estimate of drug-likeness (QED) is 0.543. The number of halogens is 3. The Kier molecular flexibility index (Phi) is 6.71. The summed E-state index contributed by atoms with van der Waals surface area (Å²) in [5.74, 6) is 0.338. The van der Waals surface area contributed by atoms with Crippen LogP contribution in [0.25, 0.3) is 0 Å². The third kappa shape index (κ3) is 5.24. The first-order chi connectivity index (χ1) is 13.9. The van der Waals surface area contributed by atoms with Crippen molar-refractivity contribution in [3.63, 3.8) is 0 Å². The van der Waals surface area contributed by atoms with Crippen LogP contribution in [0.2, 0.25) is 0 Å². The van der Waals surface area contributed by atoms with E-state index in [0.29, 0.717) is 23.9 Å². The van der Waals surface area contributed by atoms with Crippen molar-refractivity contribution in [1.29, 1.82) is 0 Å². The minimum absolute atomic E-state index is 0.0102. The molecular formula is C20H20F3N3O2S. The number of imidazole rings is 1. The fourth-order valence-electron chi connectivity index (χ4n) is 2.93. The van der Waals surface area contributed by atoms with Gasteiger partial charge in [-0.25, -0.2) is 4.98 Å². The average Bonchev–Trinajstić information content (AvgIpc) is 3.36. The van der Waals surface area contributed by atoms with Crippen LogP contribution in [0, 0.1) is 0 Å². The number of hydrogen-bond acceptors (Lipinski definition) is 4. The number of amides is 1. The van der Waals surface area contributed by atoms with Gasteiger partial charge in [0.1, 0.15) is 5.82 Å². The molecule has 9 heteroatoms. The molecule has 0 aliphatic carbocycles. The van der Waals surface area contributed by atoms with Crippen LogP contribution in [0.4, 0.5) is 13.2 Å². The van der Waals surface area contributed by atoms with E-state index in [2.05, 4.69) is 4.98 Å². The van der Waals surface area contributed by atoms with Gasteiger partial charge in [0.25, 0.3) is 5.91 Å². The molecule has 1 amide bonds. The lowest BCUT2D eigenvalue weighted by Gasteiger charge is -2.22. The lowest BCUT2D eigenvalue weighted by molar-refractivity contribution is -0.138. The van der Waals surface area contributed by atoms with Crippen LogP contribution < -0.4 is 0 Å². The summed E-state index contributed by atoms with van der Waals surface area (Å²) < 4.78 is 46.6. The largest absolute Gasteiger partial charge is 0.416 e. The molecule has 0 N–H and O–H groups in total. The van der Waals surface area contributed by atoms with Crippen LogP contribution in [0.1, 0.15) is 26.6 Å². The van der Waals surface area contributed by atoms with Gasteiger partial charge >= 0.3 is 6.18 Å². The van der Waals surface area contributed by atoms with Gasteiger partial charge in [0, 0.05) is 32.6 Å². The van der Waals surface area contributed by atoms with Crippen LogP contribution >= 0.6 is 11.3 Å². The number of alkyl halides is 3. The van der Waals surface area contributed by atoms with Crippen molar-refractivity contribution >= 4 is 17.2 Å². The first-order valence-electron chi connectivity index (χ1n) is 8.87. The zero-order valence-electron chi connectivity index (χ0n) is 15.7. The SMILES string of the molecule is COCCN(Cc1nccn1Cc1ccccc1C(F)(F)F)C(=O)c1cccs1. The summed E-state index contributed by atoms with van der Waals surface area (Å²) in [5.41, 5.74) is -0.530. The van der Waals surface area contributed by atoms with Gasteiger partial charge in [0.15, 0.2) is 0 Å². The number of aromatic nitrogens is 2. The van der Waals surface area contributed by atoms with Crippen molar-refractivity contribution < 1.29 is 22.7 Å². The molecule has 2 heterocycles. The van der Waals surface area contributed by atoms with E-state index < -0.39 is 11.7 Å². The third-order valence-corrected chi connectivity index (χ3v) is 5.24. The molecule has 0 saturated heterocycles. The Balaban J connectivity index is 1.83. The zero-order chi connectivity index (χ0) is 20.9. The second-order valence-corrected chi connectivity index (χ2v) is 7.27. The van der Waals surface area contributed by atoms with Gasteiger partial charge in [-0.15, -0.1) is 11.3 Å². The van der Waals surface area contributed by atoms with Gasteiger partial charge in [0.2, 0.25) is 0 Å². The standard InChI is InChI=1S/C20H20F3N3O2S/c1-28-11-10-26(19(27)17-7-4-12-29-17)14-18-24-8-9-25(18)13-15-5-2-3-6-16(15)20(21,22)23/h2-9,12H,10-11,13-14H2,1H3. The van der Waals surface area contributed by atoms with Crippen LogP contribution in [-0.2, 0) is 24.0 Å². The Morgan fingerprint density at radius 3 is 2.72 bits per heavy atom. The van der Waals surface area contributed by atoms with Gasteiger partial charge in [0.05, 0.1) is 23.6 Å². The van der Waals surface area contributed by atoms with Gasteiger partial charge in [-0.2, -0.15) is 13.2 Å². The van der Waals surface area contributed by atoms with E-state index in [0.717, 1.165) is 6.07 Å². The normalized spacial score (nSPS) is 11.6. The highest BCUT2D eigenvalue weighted by molar-refractivity contribution is 7.12. The molecule has 0 saturated carbocycles. The Hall–Kier alpha value is -2.65. The molecule has 154 valence electrons. The highest BCUT2D eigenvalue weighted by Gasteiger charge is 2.33. The molecule has 0 atom stereocenters. The molecule has 0 unspecified atom stereocenters. The number of methoxy groups -OCH3 is 1. The summed E-state index contributed by atoms with van der Waals surface area (Å²) in [7, 11) is 1.54. The molecular weight excluding hydrogens is 403 g/mol. The number of ether oxygens (including phenoxy) is 1. The van der Waals surface area contributed by atoms with Gasteiger partial charge < -0.3 is 14.2 Å². The summed E-state index contributed by atoms with van der Waals surface area (Å²) in [5, 5.41) is 1.82. The molecule has 2 aromatic heterocycles. The molecule has 1 aromatic carbocycles. The number of benzene rings is 1. The maximum Gasteiger partial charge on any atom is 0.416 e. The van der Waals surface area contributed by atoms with Crippen LogP contribution in [-0.4, -0.2) is 40.6 Å². The first kappa shape index (κ1) is 21.1. The number of nitrogens with zero attached hydrogens (tertiary/aromatic N) is 3. The number of carbonyl (C=O) groups is 1. The Bertz CT molecular complexity index is 939. The van der Waals surface area contributed by atoms with E-state index in [9.17, 15) is 18.0 Å². The van der Waals surface area contributed by atoms with E-state index in [1.54, 1.807) is 41.0 Å². The molecule has 5 nitrogen and oxygen atoms in total. The molecule has 0 bridgehead atoms. The fraction of sp³-hybridized carbons (Fsp3) is 0.300. The van der Waals surface area contributed by atoms with E-state index in [4.69, 9.17) is 4.74 Å². The number of rotatable bonds is 8. The smallest absolute Gasteiger partial charge is 0.383 e. The molecule has 0 aliphatic heterocycles. The second-order valence-electron chi connectivity index (χ2n) is 6.32. The second kappa shape index (κ2) is 9.23. The minimum Gasteiger partial charge on any atom is -0.383 e. The van der Waals surface area contributed by atoms with E-state index in [-0.39, 0.29) is 24.6 Å². The van der Waals surface area contributed by atoms with Crippen LogP contribution in [0.5, 0.6) is 0 Å². The van der Waals surface area contributed by atoms with Crippen molar-refractivity contribution in [3.8, 4) is 0 Å². The maximum atomic E-state index is 13.3. The lowest BCUT2D eigenvalue weighted by atomic mass is 10.1. The molecule has 0 fully saturated rings. The molecule has 29 heavy (non-hydrogen) atoms. The zero-order valence-corrected chi connectivity index (χ0v) is 16.5. The Labute approximate surface area is 170 Å². The van der Waals surface area contributed by atoms with E-state index in [1.165, 1.54) is 29.7 Å². The van der Waals surface area contributed by atoms with Crippen LogP contribution in [0.3, 0.4) is 0 Å². The summed E-state index contributed by atoms with van der Waals surface area (Å²) >= 11 is 1.33. The molecule has 3 rings (SSSR count). The van der Waals surface area contributed by atoms with Crippen molar-refractivity contribution in [3.05, 3.63) is 76.0 Å². The fourth-order valence-corrected chi connectivity index (χ4v) is 3.63. The number of hydrogen-bond donors (Lipinski definition) is 0. The highest BCUT2D eigenvalue weighted by atomic mass is 32.1. The highest BCUT2D eigenvalue weighted by Crippen LogP contribution is 2.32. The molecule has 3 aromatic rings. The average molecular weight is 423 g/mol. The van der Waals surface area contributed by atoms with Gasteiger partial charge in [-0.05, 0) is 23.1 Å². The summed E-state index contributed by atoms with van der Waals surface area (Å²) in [6.07, 6.45) is -1.29. The molecule has 0 aliphatic rings. The van der Waals surface area contributed by atoms with E-state index >= 15 is 0 Å². The number of carbonyl (C=O) groups excluding carboxylic acids is 1. The van der Waals surface area contributed by atoms with Crippen molar-refractivity contribution in [1.82, 2.24) is 14.5 Å². The predicted octanol–water partition coefficient (Wildman–Crippen LogP) is 4.30. The van der Waals surface area contributed by atoms with Crippen molar-refractivity contribution in [2.24, 2.45) is 0 Å². The van der Waals surface area contributed by atoms with E-state index in [1.807, 2.05) is 5.38 Å². The lowest BCUT2D eigenvalue weighted by Crippen LogP contribution is -2.34. The summed E-state index contributed by atoms with van der Waals surface area (Å²) in [4.78, 5) is 19.2. The maximum absolute atomic E-state index is 13.3. The van der Waals surface area contributed by atoms with Gasteiger partial charge in [-0.1, -0.05) is 24.3 Å². The van der Waals surface area contributed by atoms with Crippen molar-refractivity contribution in [2.45, 2.75) is 19.3 Å². The Morgan fingerprint density at radius 1 is 1.24 bits per heavy atom. The monoisotopic (exact) mass is 423 g/mol. The molecule has 0 radical (unpaired) electrons. The van der Waals surface area contributed by atoms with Gasteiger partial charge in [-0.3, -0.25) is 4.79 Å². The topological polar surface area (TPSA) is 47.4 Å². The minimum atomic E-state index is -4.43. The first-order valence-corrected chi connectivity index (χ1v) is 9.75. The predicted molar refractivity (Wildman–Crippen MR) is 104 cm³/mol. The summed E-state index contributed by atoms with van der Waals surface area (Å²) in [6, 6.07) is 8.99. The Morgan fingerprint density at radius 2 is 2.03 bits per heavy atom. The van der Waals surface area contributed by atoms with Crippen LogP contribution in [0.15, 0.2) is 54.2 Å².